The highest BCUT2D eigenvalue weighted by Gasteiger charge is 2.22. The van der Waals surface area contributed by atoms with E-state index in [0.717, 1.165) is 33.3 Å². The van der Waals surface area contributed by atoms with Crippen molar-refractivity contribution in [1.29, 1.82) is 0 Å². The van der Waals surface area contributed by atoms with E-state index in [0.29, 0.717) is 0 Å². The third-order valence-corrected chi connectivity index (χ3v) is 9.09. The summed E-state index contributed by atoms with van der Waals surface area (Å²) in [6, 6.07) is 52.3. The number of hydrogen-bond donors (Lipinski definition) is 0. The van der Waals surface area contributed by atoms with Crippen molar-refractivity contribution < 1.29 is 4.42 Å². The number of hydrogen-bond acceptors (Lipinski definition) is 1. The molecule has 10 aromatic rings. The first kappa shape index (κ1) is 22.8. The van der Waals surface area contributed by atoms with E-state index in [1.807, 2.05) is 12.1 Å². The number of para-hydroxylation sites is 3. The Hall–Kier alpha value is -5.80. The summed E-state index contributed by atoms with van der Waals surface area (Å²) in [6.45, 7) is 0. The normalized spacial score (nSPS) is 12.2. The van der Waals surface area contributed by atoms with Crippen LogP contribution in [-0.2, 0) is 0 Å². The van der Waals surface area contributed by atoms with Crippen molar-refractivity contribution in [1.82, 2.24) is 9.13 Å². The third-order valence-electron chi connectivity index (χ3n) is 9.09. The van der Waals surface area contributed by atoms with Gasteiger partial charge >= 0.3 is 0 Å². The maximum Gasteiger partial charge on any atom is 0.135 e. The van der Waals surface area contributed by atoms with Gasteiger partial charge in [-0.05, 0) is 71.4 Å². The lowest BCUT2D eigenvalue weighted by atomic mass is 10.0. The van der Waals surface area contributed by atoms with Gasteiger partial charge in [-0.3, -0.25) is 0 Å². The van der Waals surface area contributed by atoms with Crippen LogP contribution in [0.2, 0.25) is 0 Å². The molecule has 200 valence electrons. The topological polar surface area (TPSA) is 23.0 Å². The molecule has 0 amide bonds. The second kappa shape index (κ2) is 8.37. The van der Waals surface area contributed by atoms with E-state index in [-0.39, 0.29) is 0 Å². The first-order valence-corrected chi connectivity index (χ1v) is 14.7. The molecule has 0 aliphatic heterocycles. The van der Waals surface area contributed by atoms with Gasteiger partial charge in [0.05, 0.1) is 22.1 Å². The van der Waals surface area contributed by atoms with E-state index in [1.54, 1.807) is 0 Å². The minimum absolute atomic E-state index is 0.908. The SMILES string of the molecule is c1ccc(-n2c3ccc4ccccc4c3c3c4c5ccccc5n(-c5ccc6oc7ccccc7c6c5)c4ccc32)cc1. The molecule has 7 aromatic carbocycles. The second-order valence-electron chi connectivity index (χ2n) is 11.3. The summed E-state index contributed by atoms with van der Waals surface area (Å²) < 4.78 is 11.0. The minimum Gasteiger partial charge on any atom is -0.456 e. The van der Waals surface area contributed by atoms with Gasteiger partial charge in [-0.2, -0.15) is 0 Å². The average Bonchev–Trinajstić information content (AvgIpc) is 3.72. The Morgan fingerprint density at radius 1 is 0.349 bits per heavy atom. The number of rotatable bonds is 2. The molecule has 10 rings (SSSR count). The Morgan fingerprint density at radius 2 is 0.953 bits per heavy atom. The van der Waals surface area contributed by atoms with Crippen LogP contribution < -0.4 is 0 Å². The van der Waals surface area contributed by atoms with E-state index in [1.165, 1.54) is 54.4 Å². The van der Waals surface area contributed by atoms with Crippen molar-refractivity contribution in [2.24, 2.45) is 0 Å². The molecule has 43 heavy (non-hydrogen) atoms. The molecule has 0 fully saturated rings. The minimum atomic E-state index is 0.908. The molecule has 0 bridgehead atoms. The van der Waals surface area contributed by atoms with Gasteiger partial charge in [-0.15, -0.1) is 0 Å². The lowest BCUT2D eigenvalue weighted by molar-refractivity contribution is 0.669. The lowest BCUT2D eigenvalue weighted by Crippen LogP contribution is -1.94. The molecule has 3 aromatic heterocycles. The zero-order valence-corrected chi connectivity index (χ0v) is 23.2. The molecule has 0 aliphatic carbocycles. The van der Waals surface area contributed by atoms with Crippen molar-refractivity contribution in [3.05, 3.63) is 146 Å². The zero-order chi connectivity index (χ0) is 28.1. The van der Waals surface area contributed by atoms with Crippen molar-refractivity contribution in [2.45, 2.75) is 0 Å². The molecule has 0 atom stereocenters. The van der Waals surface area contributed by atoms with Crippen LogP contribution in [-0.4, -0.2) is 9.13 Å². The van der Waals surface area contributed by atoms with Crippen LogP contribution >= 0.6 is 0 Å². The summed E-state index contributed by atoms with van der Waals surface area (Å²) in [5.41, 5.74) is 8.93. The molecule has 0 radical (unpaired) electrons. The van der Waals surface area contributed by atoms with Gasteiger partial charge in [0.2, 0.25) is 0 Å². The first-order chi connectivity index (χ1) is 21.3. The Morgan fingerprint density at radius 3 is 1.81 bits per heavy atom. The second-order valence-corrected chi connectivity index (χ2v) is 11.3. The molecule has 0 unspecified atom stereocenters. The summed E-state index contributed by atoms with van der Waals surface area (Å²) in [5, 5.41) is 9.91. The summed E-state index contributed by atoms with van der Waals surface area (Å²) in [4.78, 5) is 0. The Balaban J connectivity index is 1.41. The highest BCUT2D eigenvalue weighted by atomic mass is 16.3. The molecule has 3 heteroatoms. The van der Waals surface area contributed by atoms with Crippen molar-refractivity contribution in [2.75, 3.05) is 0 Å². The van der Waals surface area contributed by atoms with Gasteiger partial charge in [0.1, 0.15) is 11.2 Å². The number of nitrogens with zero attached hydrogens (tertiary/aromatic N) is 2. The van der Waals surface area contributed by atoms with E-state index >= 15 is 0 Å². The third kappa shape index (κ3) is 3.03. The molecular weight excluding hydrogens is 524 g/mol. The summed E-state index contributed by atoms with van der Waals surface area (Å²) in [7, 11) is 0. The fraction of sp³-hybridized carbons (Fsp3) is 0. The van der Waals surface area contributed by atoms with Gasteiger partial charge < -0.3 is 13.6 Å². The van der Waals surface area contributed by atoms with Gasteiger partial charge in [0, 0.05) is 43.7 Å². The van der Waals surface area contributed by atoms with Gasteiger partial charge in [0.25, 0.3) is 0 Å². The largest absolute Gasteiger partial charge is 0.456 e. The monoisotopic (exact) mass is 548 g/mol. The molecule has 0 saturated carbocycles. The van der Waals surface area contributed by atoms with Crippen LogP contribution in [0.1, 0.15) is 0 Å². The lowest BCUT2D eigenvalue weighted by Gasteiger charge is -2.09. The van der Waals surface area contributed by atoms with E-state index < -0.39 is 0 Å². The number of benzene rings is 7. The fourth-order valence-electron chi connectivity index (χ4n) is 7.31. The van der Waals surface area contributed by atoms with Crippen LogP contribution in [0.4, 0.5) is 0 Å². The summed E-state index contributed by atoms with van der Waals surface area (Å²) in [5.74, 6) is 0. The van der Waals surface area contributed by atoms with Crippen LogP contribution in [0.5, 0.6) is 0 Å². The van der Waals surface area contributed by atoms with Crippen molar-refractivity contribution in [3.63, 3.8) is 0 Å². The van der Waals surface area contributed by atoms with E-state index in [4.69, 9.17) is 4.42 Å². The average molecular weight is 549 g/mol. The standard InChI is InChI=1S/C40H24N2O/c1-2-11-26(12-3-1)41-33-20-18-25-10-4-5-13-28(25)38(33)40-35(41)22-21-34-39(40)30-15-6-8-16-32(30)42(34)27-19-23-37-31(24-27)29-14-7-9-17-36(29)43-37/h1-24H. The van der Waals surface area contributed by atoms with Crippen LogP contribution in [0.15, 0.2) is 150 Å². The Labute approximate surface area is 246 Å². The van der Waals surface area contributed by atoms with Crippen LogP contribution in [0, 0.1) is 0 Å². The fourth-order valence-corrected chi connectivity index (χ4v) is 7.31. The highest BCUT2D eigenvalue weighted by Crippen LogP contribution is 2.44. The van der Waals surface area contributed by atoms with E-state index in [9.17, 15) is 0 Å². The van der Waals surface area contributed by atoms with E-state index in [2.05, 4.69) is 143 Å². The maximum absolute atomic E-state index is 6.18. The molecule has 3 heterocycles. The van der Waals surface area contributed by atoms with Gasteiger partial charge in [-0.1, -0.05) is 84.9 Å². The quantitative estimate of drug-likeness (QED) is 0.211. The van der Waals surface area contributed by atoms with Gasteiger partial charge in [-0.25, -0.2) is 0 Å². The summed E-state index contributed by atoms with van der Waals surface area (Å²) >= 11 is 0. The van der Waals surface area contributed by atoms with Crippen LogP contribution in [0.3, 0.4) is 0 Å². The molecule has 0 spiro atoms. The molecule has 0 saturated heterocycles. The maximum atomic E-state index is 6.18. The van der Waals surface area contributed by atoms with Crippen molar-refractivity contribution >= 4 is 76.3 Å². The predicted octanol–water partition coefficient (Wildman–Crippen LogP) is 10.9. The first-order valence-electron chi connectivity index (χ1n) is 14.7. The molecular formula is C40H24N2O. The van der Waals surface area contributed by atoms with Crippen molar-refractivity contribution in [3.8, 4) is 11.4 Å². The molecule has 3 nitrogen and oxygen atoms in total. The number of aromatic nitrogens is 2. The predicted molar refractivity (Wildman–Crippen MR) is 180 cm³/mol. The zero-order valence-electron chi connectivity index (χ0n) is 23.2. The molecule has 0 N–H and O–H groups in total. The Kier molecular flexibility index (Phi) is 4.45. The molecule has 0 aliphatic rings. The van der Waals surface area contributed by atoms with Crippen LogP contribution in [0.25, 0.3) is 87.7 Å². The number of furan rings is 1. The Bertz CT molecular complexity index is 2720. The summed E-state index contributed by atoms with van der Waals surface area (Å²) in [6.07, 6.45) is 0. The van der Waals surface area contributed by atoms with Gasteiger partial charge in [0.15, 0.2) is 0 Å². The number of fused-ring (bicyclic) bond motifs is 12. The highest BCUT2D eigenvalue weighted by molar-refractivity contribution is 6.33. The smallest absolute Gasteiger partial charge is 0.135 e.